The normalized spacial score (nSPS) is 10.5. The molecule has 2 aromatic carbocycles. The number of carbonyl (C=O) groups is 1. The minimum atomic E-state index is -0.243. The van der Waals surface area contributed by atoms with Gasteiger partial charge in [-0.2, -0.15) is 0 Å². The van der Waals surface area contributed by atoms with Gasteiger partial charge in [0.15, 0.2) is 5.69 Å². The van der Waals surface area contributed by atoms with Crippen molar-refractivity contribution in [2.75, 3.05) is 5.32 Å². The molecule has 1 aromatic heterocycles. The monoisotopic (exact) mass is 293 g/mol. The Morgan fingerprint density at radius 2 is 1.77 bits per heavy atom. The van der Waals surface area contributed by atoms with E-state index >= 15 is 0 Å². The molecule has 0 saturated carbocycles. The summed E-state index contributed by atoms with van der Waals surface area (Å²) in [5.74, 6) is 0.0723. The summed E-state index contributed by atoms with van der Waals surface area (Å²) in [4.78, 5) is 12.3. The highest BCUT2D eigenvalue weighted by atomic mass is 16.6. The van der Waals surface area contributed by atoms with Crippen LogP contribution in [0.15, 0.2) is 53.2 Å². The van der Waals surface area contributed by atoms with E-state index in [-0.39, 0.29) is 5.91 Å². The van der Waals surface area contributed by atoms with Crippen molar-refractivity contribution in [1.82, 2.24) is 10.3 Å². The predicted molar refractivity (Wildman–Crippen MR) is 83.6 cm³/mol. The third-order valence-electron chi connectivity index (χ3n) is 3.33. The van der Waals surface area contributed by atoms with Crippen molar-refractivity contribution in [3.05, 3.63) is 65.2 Å². The Kier molecular flexibility index (Phi) is 3.70. The zero-order chi connectivity index (χ0) is 15.5. The predicted octanol–water partition coefficient (Wildman–Crippen LogP) is 3.61. The van der Waals surface area contributed by atoms with Crippen LogP contribution in [0.4, 0.5) is 5.82 Å². The Hall–Kier alpha value is -2.95. The highest BCUT2D eigenvalue weighted by molar-refractivity contribution is 6.05. The first kappa shape index (κ1) is 14.0. The Balaban J connectivity index is 1.86. The van der Waals surface area contributed by atoms with Crippen LogP contribution >= 0.6 is 0 Å². The highest BCUT2D eigenvalue weighted by Crippen LogP contribution is 2.25. The van der Waals surface area contributed by atoms with E-state index in [0.717, 1.165) is 16.7 Å². The van der Waals surface area contributed by atoms with Crippen molar-refractivity contribution in [2.45, 2.75) is 13.8 Å². The Morgan fingerprint density at radius 1 is 1.00 bits per heavy atom. The lowest BCUT2D eigenvalue weighted by molar-refractivity contribution is 0.102. The smallest absolute Gasteiger partial charge is 0.256 e. The van der Waals surface area contributed by atoms with Gasteiger partial charge in [-0.25, -0.2) is 4.63 Å². The zero-order valence-electron chi connectivity index (χ0n) is 12.3. The van der Waals surface area contributed by atoms with Crippen LogP contribution in [-0.2, 0) is 0 Å². The van der Waals surface area contributed by atoms with Gasteiger partial charge in [0.05, 0.1) is 0 Å². The van der Waals surface area contributed by atoms with Gasteiger partial charge in [-0.15, -0.1) is 0 Å². The maximum atomic E-state index is 12.3. The minimum Gasteiger partial charge on any atom is -0.302 e. The summed E-state index contributed by atoms with van der Waals surface area (Å²) in [7, 11) is 0. The summed E-state index contributed by atoms with van der Waals surface area (Å²) in [6.07, 6.45) is 0. The van der Waals surface area contributed by atoms with Gasteiger partial charge in [-0.1, -0.05) is 47.5 Å². The van der Waals surface area contributed by atoms with Crippen molar-refractivity contribution < 1.29 is 9.42 Å². The number of hydrogen-bond acceptors (Lipinski definition) is 4. The molecule has 0 fully saturated rings. The van der Waals surface area contributed by atoms with Crippen LogP contribution in [0.1, 0.15) is 21.5 Å². The molecule has 22 heavy (non-hydrogen) atoms. The van der Waals surface area contributed by atoms with Gasteiger partial charge in [-0.3, -0.25) is 4.79 Å². The van der Waals surface area contributed by atoms with E-state index < -0.39 is 0 Å². The fourth-order valence-electron chi connectivity index (χ4n) is 2.14. The molecule has 0 bridgehead atoms. The SMILES string of the molecule is Cc1ccc(-c2nonc2NC(=O)c2cccc(C)c2)cc1. The maximum Gasteiger partial charge on any atom is 0.256 e. The minimum absolute atomic E-state index is 0.243. The first-order valence-corrected chi connectivity index (χ1v) is 6.91. The fraction of sp³-hybridized carbons (Fsp3) is 0.118. The third kappa shape index (κ3) is 2.88. The van der Waals surface area contributed by atoms with Gasteiger partial charge in [0, 0.05) is 11.1 Å². The van der Waals surface area contributed by atoms with Crippen LogP contribution in [0.3, 0.4) is 0 Å². The van der Waals surface area contributed by atoms with E-state index in [1.165, 1.54) is 0 Å². The zero-order valence-corrected chi connectivity index (χ0v) is 12.3. The van der Waals surface area contributed by atoms with Crippen LogP contribution < -0.4 is 5.32 Å². The fourth-order valence-corrected chi connectivity index (χ4v) is 2.14. The Bertz CT molecular complexity index is 807. The van der Waals surface area contributed by atoms with Crippen molar-refractivity contribution in [2.24, 2.45) is 0 Å². The second-order valence-corrected chi connectivity index (χ2v) is 5.15. The van der Waals surface area contributed by atoms with Crippen molar-refractivity contribution in [3.8, 4) is 11.3 Å². The Labute approximate surface area is 127 Å². The van der Waals surface area contributed by atoms with E-state index in [0.29, 0.717) is 17.1 Å². The van der Waals surface area contributed by atoms with Gasteiger partial charge in [-0.05, 0) is 36.3 Å². The van der Waals surface area contributed by atoms with Crippen LogP contribution in [0.5, 0.6) is 0 Å². The van der Waals surface area contributed by atoms with E-state index in [1.54, 1.807) is 6.07 Å². The number of anilines is 1. The first-order chi connectivity index (χ1) is 10.6. The van der Waals surface area contributed by atoms with Crippen molar-refractivity contribution >= 4 is 11.7 Å². The molecule has 0 radical (unpaired) electrons. The molecule has 1 N–H and O–H groups in total. The second-order valence-electron chi connectivity index (χ2n) is 5.15. The molecule has 1 amide bonds. The summed E-state index contributed by atoms with van der Waals surface area (Å²) in [6, 6.07) is 15.1. The number of nitrogens with one attached hydrogen (secondary N) is 1. The van der Waals surface area contributed by atoms with Gasteiger partial charge in [0.2, 0.25) is 5.82 Å². The van der Waals surface area contributed by atoms with Gasteiger partial charge >= 0.3 is 0 Å². The summed E-state index contributed by atoms with van der Waals surface area (Å²) in [6.45, 7) is 3.94. The topological polar surface area (TPSA) is 68.0 Å². The summed E-state index contributed by atoms with van der Waals surface area (Å²) >= 11 is 0. The van der Waals surface area contributed by atoms with E-state index in [1.807, 2.05) is 56.3 Å². The largest absolute Gasteiger partial charge is 0.302 e. The molecule has 5 heteroatoms. The lowest BCUT2D eigenvalue weighted by atomic mass is 10.1. The number of nitrogens with zero attached hydrogens (tertiary/aromatic N) is 2. The number of hydrogen-bond donors (Lipinski definition) is 1. The number of carbonyl (C=O) groups excluding carboxylic acids is 1. The molecule has 0 unspecified atom stereocenters. The standard InChI is InChI=1S/C17H15N3O2/c1-11-6-8-13(9-7-11)15-16(20-22-19-15)18-17(21)14-5-3-4-12(2)10-14/h3-10H,1-2H3,(H,18,20,21). The average Bonchev–Trinajstić information content (AvgIpc) is 2.96. The quantitative estimate of drug-likeness (QED) is 0.801. The molecule has 5 nitrogen and oxygen atoms in total. The molecule has 0 aliphatic heterocycles. The molecule has 1 heterocycles. The van der Waals surface area contributed by atoms with E-state index in [4.69, 9.17) is 4.63 Å². The second kappa shape index (κ2) is 5.81. The van der Waals surface area contributed by atoms with E-state index in [9.17, 15) is 4.79 Å². The molecular weight excluding hydrogens is 278 g/mol. The number of rotatable bonds is 3. The number of aromatic nitrogens is 2. The molecular formula is C17H15N3O2. The van der Waals surface area contributed by atoms with Crippen LogP contribution in [0, 0.1) is 13.8 Å². The lowest BCUT2D eigenvalue weighted by Gasteiger charge is -2.04. The van der Waals surface area contributed by atoms with Gasteiger partial charge in [0.25, 0.3) is 5.91 Å². The average molecular weight is 293 g/mol. The molecule has 110 valence electrons. The van der Waals surface area contributed by atoms with Crippen LogP contribution in [0.2, 0.25) is 0 Å². The maximum absolute atomic E-state index is 12.3. The summed E-state index contributed by atoms with van der Waals surface area (Å²) in [5.41, 5.74) is 4.08. The van der Waals surface area contributed by atoms with Crippen molar-refractivity contribution in [3.63, 3.8) is 0 Å². The van der Waals surface area contributed by atoms with E-state index in [2.05, 4.69) is 15.6 Å². The van der Waals surface area contributed by atoms with Gasteiger partial charge < -0.3 is 5.32 Å². The third-order valence-corrected chi connectivity index (χ3v) is 3.33. The Morgan fingerprint density at radius 3 is 2.50 bits per heavy atom. The van der Waals surface area contributed by atoms with Crippen molar-refractivity contribution in [1.29, 1.82) is 0 Å². The molecule has 0 aliphatic carbocycles. The first-order valence-electron chi connectivity index (χ1n) is 6.91. The van der Waals surface area contributed by atoms with Crippen LogP contribution in [-0.4, -0.2) is 16.2 Å². The number of aryl methyl sites for hydroxylation is 2. The molecule has 0 aliphatic rings. The molecule has 0 spiro atoms. The molecule has 3 aromatic rings. The highest BCUT2D eigenvalue weighted by Gasteiger charge is 2.16. The summed E-state index contributed by atoms with van der Waals surface area (Å²) in [5, 5.41) is 10.4. The van der Waals surface area contributed by atoms with Crippen LogP contribution in [0.25, 0.3) is 11.3 Å². The van der Waals surface area contributed by atoms with Gasteiger partial charge in [0.1, 0.15) is 0 Å². The lowest BCUT2D eigenvalue weighted by Crippen LogP contribution is -2.12. The molecule has 3 rings (SSSR count). The summed E-state index contributed by atoms with van der Waals surface area (Å²) < 4.78 is 4.78. The molecule has 0 atom stereocenters. The molecule has 0 saturated heterocycles. The number of benzene rings is 2. The number of amides is 1.